The number of nitrogens with zero attached hydrogens (tertiary/aromatic N) is 3. The third-order valence-electron chi connectivity index (χ3n) is 9.14. The zero-order valence-electron chi connectivity index (χ0n) is 24.8. The highest BCUT2D eigenvalue weighted by Crippen LogP contribution is 2.50. The first kappa shape index (κ1) is 29.5. The van der Waals surface area contributed by atoms with Gasteiger partial charge in [-0.2, -0.15) is 0 Å². The third kappa shape index (κ3) is 5.36. The summed E-state index contributed by atoms with van der Waals surface area (Å²) in [6, 6.07) is 15.7. The lowest BCUT2D eigenvalue weighted by atomic mass is 9.88. The molecule has 0 aliphatic carbocycles. The number of halogens is 2. The van der Waals surface area contributed by atoms with Crippen LogP contribution in [0.5, 0.6) is 11.5 Å². The summed E-state index contributed by atoms with van der Waals surface area (Å²) in [5, 5.41) is 0.318. The molecule has 3 aliphatic heterocycles. The van der Waals surface area contributed by atoms with Crippen LogP contribution >= 0.6 is 11.6 Å². The second kappa shape index (κ2) is 11.3. The Bertz CT molecular complexity index is 1830. The minimum absolute atomic E-state index is 0.0516. The Hall–Kier alpha value is -3.18. The Kier molecular flexibility index (Phi) is 7.59. The molecule has 44 heavy (non-hydrogen) atoms. The molecular weight excluding hydrogens is 605 g/mol. The second-order valence-corrected chi connectivity index (χ2v) is 14.7. The van der Waals surface area contributed by atoms with Crippen LogP contribution in [0.1, 0.15) is 56.0 Å². The molecule has 3 aromatic carbocycles. The average molecular weight is 640 g/mol. The topological polar surface area (TPSA) is 82.9 Å². The fraction of sp³-hybridized carbons (Fsp3) is 0.424. The molecule has 2 saturated heterocycles. The van der Waals surface area contributed by atoms with E-state index in [1.165, 1.54) is 6.07 Å². The lowest BCUT2D eigenvalue weighted by Crippen LogP contribution is -2.35. The van der Waals surface area contributed by atoms with Crippen LogP contribution in [-0.2, 0) is 33.5 Å². The molecule has 4 aromatic rings. The van der Waals surface area contributed by atoms with Gasteiger partial charge in [-0.15, -0.1) is 0 Å². The molecular formula is C33H35ClFN3O5S. The van der Waals surface area contributed by atoms with Gasteiger partial charge in [0.05, 0.1) is 46.4 Å². The number of hydrogen-bond donors (Lipinski definition) is 0. The number of ether oxygens (including phenoxy) is 3. The first-order chi connectivity index (χ1) is 21.1. The summed E-state index contributed by atoms with van der Waals surface area (Å²) < 4.78 is 60.4. The van der Waals surface area contributed by atoms with Crippen molar-refractivity contribution in [3.63, 3.8) is 0 Å². The zero-order valence-corrected chi connectivity index (χ0v) is 26.3. The summed E-state index contributed by atoms with van der Waals surface area (Å²) in [5.74, 6) is 0.745. The quantitative estimate of drug-likeness (QED) is 0.220. The lowest BCUT2D eigenvalue weighted by molar-refractivity contribution is -0.0712. The van der Waals surface area contributed by atoms with Gasteiger partial charge in [-0.1, -0.05) is 30.7 Å². The third-order valence-corrected chi connectivity index (χ3v) is 11.1. The minimum atomic E-state index is -3.33. The normalized spacial score (nSPS) is 22.4. The summed E-state index contributed by atoms with van der Waals surface area (Å²) in [5.41, 5.74) is 2.99. The van der Waals surface area contributed by atoms with Crippen molar-refractivity contribution in [2.75, 3.05) is 25.4 Å². The maximum Gasteiger partial charge on any atom is 0.278 e. The number of aromatic nitrogens is 2. The van der Waals surface area contributed by atoms with Gasteiger partial charge < -0.3 is 18.8 Å². The number of fused-ring (bicyclic) bond motifs is 2. The van der Waals surface area contributed by atoms with E-state index < -0.39 is 21.4 Å². The van der Waals surface area contributed by atoms with Crippen LogP contribution in [0.2, 0.25) is 5.02 Å². The molecule has 7 rings (SSSR count). The van der Waals surface area contributed by atoms with E-state index in [2.05, 4.69) is 15.5 Å². The number of sulfone groups is 1. The molecule has 8 nitrogen and oxygen atoms in total. The highest BCUT2D eigenvalue weighted by molar-refractivity contribution is 7.91. The van der Waals surface area contributed by atoms with Crippen molar-refractivity contribution < 1.29 is 27.0 Å². The van der Waals surface area contributed by atoms with E-state index in [0.29, 0.717) is 45.6 Å². The molecule has 0 saturated carbocycles. The van der Waals surface area contributed by atoms with E-state index in [-0.39, 0.29) is 17.8 Å². The van der Waals surface area contributed by atoms with E-state index >= 15 is 0 Å². The van der Waals surface area contributed by atoms with Crippen molar-refractivity contribution in [2.45, 2.75) is 68.9 Å². The smallest absolute Gasteiger partial charge is 0.278 e. The molecule has 0 amide bonds. The van der Waals surface area contributed by atoms with Crippen LogP contribution in [0.3, 0.4) is 0 Å². The number of rotatable bonds is 8. The fourth-order valence-electron chi connectivity index (χ4n) is 6.52. The number of benzene rings is 3. The number of para-hydroxylation sites is 1. The summed E-state index contributed by atoms with van der Waals surface area (Å²) in [7, 11) is -3.33. The van der Waals surface area contributed by atoms with E-state index in [1.807, 2.05) is 18.2 Å². The van der Waals surface area contributed by atoms with Gasteiger partial charge in [0.15, 0.2) is 21.3 Å². The van der Waals surface area contributed by atoms with E-state index in [1.54, 1.807) is 38.1 Å². The summed E-state index contributed by atoms with van der Waals surface area (Å²) in [6.45, 7) is 7.22. The van der Waals surface area contributed by atoms with Crippen molar-refractivity contribution in [2.24, 2.45) is 0 Å². The Labute approximate surface area is 261 Å². The molecule has 11 heteroatoms. The molecule has 0 spiro atoms. The summed E-state index contributed by atoms with van der Waals surface area (Å²) in [6.07, 6.45) is 2.97. The first-order valence-electron chi connectivity index (χ1n) is 15.2. The standard InChI is InChI=1S/C33H35ClFN3O5S/c1-3-44(39,40)24-8-10-29-28(18-24)36-31(38(29)19-23-13-16-41-23)20-37-14-11-21(12-15-37)25-5-4-6-30-32(25)43-33(2,42-30)26-9-7-22(34)17-27(26)35/h4-10,17-18,21,23H,3,11-16,19-20H2,1-2H3/t23-,33?/m0/s1. The molecule has 1 aromatic heterocycles. The Morgan fingerprint density at radius 2 is 1.86 bits per heavy atom. The number of likely N-dealkylation sites (tertiary alicyclic amines) is 1. The van der Waals surface area contributed by atoms with E-state index in [0.717, 1.165) is 55.9 Å². The second-order valence-electron chi connectivity index (χ2n) is 12.0. The van der Waals surface area contributed by atoms with Crippen LogP contribution in [0.25, 0.3) is 11.0 Å². The number of hydrogen-bond acceptors (Lipinski definition) is 7. The first-order valence-corrected chi connectivity index (χ1v) is 17.2. The summed E-state index contributed by atoms with van der Waals surface area (Å²) in [4.78, 5) is 7.64. The lowest BCUT2D eigenvalue weighted by Gasteiger charge is -2.33. The van der Waals surface area contributed by atoms with Crippen molar-refractivity contribution in [1.29, 1.82) is 0 Å². The SMILES string of the molecule is CCS(=O)(=O)c1ccc2c(c1)nc(CN1CCC(c3cccc4c3OC(C)(c3ccc(Cl)cc3F)O4)CC1)n2C[C@@H]1CCO1. The van der Waals surface area contributed by atoms with Crippen molar-refractivity contribution >= 4 is 32.5 Å². The molecule has 3 aliphatic rings. The van der Waals surface area contributed by atoms with Gasteiger partial charge in [-0.05, 0) is 80.7 Å². The molecule has 2 atom stereocenters. The van der Waals surface area contributed by atoms with Crippen LogP contribution < -0.4 is 9.47 Å². The highest BCUT2D eigenvalue weighted by atomic mass is 35.5. The Morgan fingerprint density at radius 3 is 2.57 bits per heavy atom. The molecule has 4 heterocycles. The monoisotopic (exact) mass is 639 g/mol. The largest absolute Gasteiger partial charge is 0.444 e. The van der Waals surface area contributed by atoms with Crippen molar-refractivity contribution in [1.82, 2.24) is 14.5 Å². The van der Waals surface area contributed by atoms with Gasteiger partial charge in [0.25, 0.3) is 5.79 Å². The molecule has 0 bridgehead atoms. The van der Waals surface area contributed by atoms with Crippen LogP contribution in [0.4, 0.5) is 4.39 Å². The maximum atomic E-state index is 14.8. The van der Waals surface area contributed by atoms with Crippen molar-refractivity contribution in [3.8, 4) is 11.5 Å². The van der Waals surface area contributed by atoms with Crippen LogP contribution in [0.15, 0.2) is 59.5 Å². The van der Waals surface area contributed by atoms with Gasteiger partial charge in [-0.3, -0.25) is 4.90 Å². The fourth-order valence-corrected chi connectivity index (χ4v) is 7.57. The van der Waals surface area contributed by atoms with Gasteiger partial charge in [0.1, 0.15) is 11.6 Å². The highest BCUT2D eigenvalue weighted by Gasteiger charge is 2.43. The van der Waals surface area contributed by atoms with Crippen LogP contribution in [-0.4, -0.2) is 54.4 Å². The number of piperidine rings is 1. The Balaban J connectivity index is 1.09. The Morgan fingerprint density at radius 1 is 1.07 bits per heavy atom. The zero-order chi connectivity index (χ0) is 30.6. The van der Waals surface area contributed by atoms with Gasteiger partial charge >= 0.3 is 0 Å². The maximum absolute atomic E-state index is 14.8. The molecule has 1 unspecified atom stereocenters. The number of imidazole rings is 1. The predicted molar refractivity (Wildman–Crippen MR) is 166 cm³/mol. The molecule has 232 valence electrons. The van der Waals surface area contributed by atoms with Gasteiger partial charge in [0, 0.05) is 24.1 Å². The summed E-state index contributed by atoms with van der Waals surface area (Å²) >= 11 is 5.98. The van der Waals surface area contributed by atoms with Gasteiger partial charge in [-0.25, -0.2) is 17.8 Å². The van der Waals surface area contributed by atoms with Gasteiger partial charge in [0.2, 0.25) is 0 Å². The molecule has 0 radical (unpaired) electrons. The molecule has 2 fully saturated rings. The predicted octanol–water partition coefficient (Wildman–Crippen LogP) is 6.44. The minimum Gasteiger partial charge on any atom is -0.444 e. The van der Waals surface area contributed by atoms with Crippen molar-refractivity contribution in [3.05, 3.63) is 82.4 Å². The molecule has 0 N–H and O–H groups in total. The average Bonchev–Trinajstić information content (AvgIpc) is 3.51. The van der Waals surface area contributed by atoms with Crippen LogP contribution in [0, 0.1) is 5.82 Å². The van der Waals surface area contributed by atoms with E-state index in [9.17, 15) is 12.8 Å². The van der Waals surface area contributed by atoms with E-state index in [4.69, 9.17) is 30.8 Å².